The number of aryl methyl sites for hydroxylation is 1. The van der Waals surface area contributed by atoms with E-state index in [-0.39, 0.29) is 5.78 Å². The van der Waals surface area contributed by atoms with Gasteiger partial charge in [0.25, 0.3) is 0 Å². The maximum Gasteiger partial charge on any atom is 0.178 e. The first-order chi connectivity index (χ1) is 7.16. The molecule has 0 aromatic carbocycles. The molecule has 1 aliphatic rings. The molecule has 3 heteroatoms. The van der Waals surface area contributed by atoms with E-state index in [1.165, 1.54) is 19.3 Å². The number of hydrogen-bond acceptors (Lipinski definition) is 2. The highest BCUT2D eigenvalue weighted by atomic mass is 16.1. The Hall–Kier alpha value is -1.09. The molecule has 0 unspecified atom stereocenters. The zero-order chi connectivity index (χ0) is 10.8. The van der Waals surface area contributed by atoms with Crippen molar-refractivity contribution in [3.63, 3.8) is 0 Å². The lowest BCUT2D eigenvalue weighted by molar-refractivity contribution is 0.0870. The van der Waals surface area contributed by atoms with Gasteiger partial charge in [-0.1, -0.05) is 6.42 Å². The minimum absolute atomic E-state index is 0.227. The summed E-state index contributed by atoms with van der Waals surface area (Å²) in [6, 6.07) is 2.52. The van der Waals surface area contributed by atoms with Crippen molar-refractivity contribution in [2.45, 2.75) is 25.3 Å². The van der Waals surface area contributed by atoms with Gasteiger partial charge in [-0.05, 0) is 26.0 Å². The molecule has 1 aromatic heterocycles. The fraction of sp³-hybridized carbons (Fsp3) is 0.583. The van der Waals surface area contributed by atoms with Crippen LogP contribution >= 0.6 is 0 Å². The number of carbonyl (C=O) groups excluding carboxylic acids is 1. The van der Waals surface area contributed by atoms with Crippen LogP contribution < -0.4 is 0 Å². The molecule has 1 fully saturated rings. The molecule has 1 heterocycles. The molecule has 82 valence electrons. The van der Waals surface area contributed by atoms with Gasteiger partial charge in [-0.25, -0.2) is 0 Å². The van der Waals surface area contributed by atoms with Gasteiger partial charge in [-0.2, -0.15) is 0 Å². The highest BCUT2D eigenvalue weighted by molar-refractivity contribution is 5.97. The van der Waals surface area contributed by atoms with Crippen LogP contribution in [0.15, 0.2) is 18.5 Å². The summed E-state index contributed by atoms with van der Waals surface area (Å²) >= 11 is 0. The van der Waals surface area contributed by atoms with Crippen LogP contribution in [0.1, 0.15) is 29.6 Å². The Balaban J connectivity index is 1.91. The molecular weight excluding hydrogens is 188 g/mol. The van der Waals surface area contributed by atoms with Crippen molar-refractivity contribution >= 4 is 5.78 Å². The van der Waals surface area contributed by atoms with Gasteiger partial charge in [0.05, 0.1) is 6.54 Å². The average Bonchev–Trinajstić information content (AvgIpc) is 2.48. The van der Waals surface area contributed by atoms with E-state index in [1.54, 1.807) is 0 Å². The predicted molar refractivity (Wildman–Crippen MR) is 60.0 cm³/mol. The van der Waals surface area contributed by atoms with E-state index in [2.05, 4.69) is 4.90 Å². The number of aromatic nitrogens is 1. The van der Waals surface area contributed by atoms with Crippen molar-refractivity contribution in [2.24, 2.45) is 7.05 Å². The largest absolute Gasteiger partial charge is 0.357 e. The molecule has 3 nitrogen and oxygen atoms in total. The van der Waals surface area contributed by atoms with E-state index in [0.29, 0.717) is 12.6 Å². The summed E-state index contributed by atoms with van der Waals surface area (Å²) < 4.78 is 1.91. The van der Waals surface area contributed by atoms with Crippen LogP contribution in [-0.2, 0) is 7.05 Å². The predicted octanol–water partition coefficient (Wildman–Crippen LogP) is 1.69. The van der Waals surface area contributed by atoms with Crippen molar-refractivity contribution in [3.05, 3.63) is 24.0 Å². The SMILES string of the molecule is CN(CC(=O)c1ccn(C)c1)C1CCC1. The first-order valence-electron chi connectivity index (χ1n) is 5.52. The van der Waals surface area contributed by atoms with Crippen molar-refractivity contribution < 1.29 is 4.79 Å². The number of nitrogens with zero attached hydrogens (tertiary/aromatic N) is 2. The first-order valence-corrected chi connectivity index (χ1v) is 5.52. The van der Waals surface area contributed by atoms with Crippen LogP contribution in [-0.4, -0.2) is 34.9 Å². The molecule has 0 radical (unpaired) electrons. The van der Waals surface area contributed by atoms with E-state index < -0.39 is 0 Å². The molecule has 0 spiro atoms. The van der Waals surface area contributed by atoms with Crippen molar-refractivity contribution in [1.29, 1.82) is 0 Å². The molecule has 1 aromatic rings. The maximum absolute atomic E-state index is 11.9. The highest BCUT2D eigenvalue weighted by Gasteiger charge is 2.23. The number of carbonyl (C=O) groups is 1. The molecule has 1 aliphatic carbocycles. The number of hydrogen-bond donors (Lipinski definition) is 0. The summed E-state index contributed by atoms with van der Waals surface area (Å²) in [5, 5.41) is 0. The molecule has 15 heavy (non-hydrogen) atoms. The lowest BCUT2D eigenvalue weighted by Gasteiger charge is -2.34. The molecule has 0 aliphatic heterocycles. The van der Waals surface area contributed by atoms with Gasteiger partial charge in [0, 0.05) is 31.0 Å². The molecule has 0 amide bonds. The summed E-state index contributed by atoms with van der Waals surface area (Å²) in [5.41, 5.74) is 0.823. The van der Waals surface area contributed by atoms with E-state index >= 15 is 0 Å². The molecule has 1 saturated carbocycles. The lowest BCUT2D eigenvalue weighted by Crippen LogP contribution is -2.40. The maximum atomic E-state index is 11.9. The van der Waals surface area contributed by atoms with Gasteiger partial charge >= 0.3 is 0 Å². The smallest absolute Gasteiger partial charge is 0.178 e. The molecule has 0 atom stereocenters. The second-order valence-corrected chi connectivity index (χ2v) is 4.49. The van der Waals surface area contributed by atoms with E-state index in [0.717, 1.165) is 5.56 Å². The van der Waals surface area contributed by atoms with Gasteiger partial charge in [-0.3, -0.25) is 9.69 Å². The van der Waals surface area contributed by atoms with Crippen LogP contribution in [0.5, 0.6) is 0 Å². The van der Waals surface area contributed by atoms with Crippen molar-refractivity contribution in [3.8, 4) is 0 Å². The minimum Gasteiger partial charge on any atom is -0.357 e. The Labute approximate surface area is 90.7 Å². The van der Waals surface area contributed by atoms with Gasteiger partial charge in [0.1, 0.15) is 0 Å². The Bertz CT molecular complexity index is 352. The Morgan fingerprint density at radius 2 is 2.33 bits per heavy atom. The fourth-order valence-corrected chi connectivity index (χ4v) is 1.94. The molecule has 0 bridgehead atoms. The topological polar surface area (TPSA) is 25.2 Å². The summed E-state index contributed by atoms with van der Waals surface area (Å²) in [4.78, 5) is 14.0. The Morgan fingerprint density at radius 3 is 2.80 bits per heavy atom. The van der Waals surface area contributed by atoms with E-state index in [1.807, 2.05) is 37.1 Å². The van der Waals surface area contributed by atoms with Crippen molar-refractivity contribution in [1.82, 2.24) is 9.47 Å². The van der Waals surface area contributed by atoms with Crippen LogP contribution in [0.2, 0.25) is 0 Å². The molecular formula is C12H18N2O. The summed E-state index contributed by atoms with van der Waals surface area (Å²) in [6.45, 7) is 0.550. The van der Waals surface area contributed by atoms with E-state index in [4.69, 9.17) is 0 Å². The van der Waals surface area contributed by atoms with Crippen LogP contribution in [0, 0.1) is 0 Å². The van der Waals surface area contributed by atoms with Crippen LogP contribution in [0.4, 0.5) is 0 Å². The standard InChI is InChI=1S/C12H18N2O/c1-13-7-6-10(8-13)12(15)9-14(2)11-4-3-5-11/h6-8,11H,3-5,9H2,1-2H3. The summed E-state index contributed by atoms with van der Waals surface area (Å²) in [6.07, 6.45) is 7.61. The second kappa shape index (κ2) is 4.19. The monoisotopic (exact) mass is 206 g/mol. The van der Waals surface area contributed by atoms with E-state index in [9.17, 15) is 4.79 Å². The number of Topliss-reactive ketones (excluding diaryl/α,β-unsaturated/α-hetero) is 1. The van der Waals surface area contributed by atoms with Gasteiger partial charge in [-0.15, -0.1) is 0 Å². The van der Waals surface area contributed by atoms with Gasteiger partial charge in [0.2, 0.25) is 0 Å². The minimum atomic E-state index is 0.227. The molecule has 0 saturated heterocycles. The van der Waals surface area contributed by atoms with Crippen LogP contribution in [0.3, 0.4) is 0 Å². The summed E-state index contributed by atoms with van der Waals surface area (Å²) in [7, 11) is 3.98. The van der Waals surface area contributed by atoms with Crippen molar-refractivity contribution in [2.75, 3.05) is 13.6 Å². The fourth-order valence-electron chi connectivity index (χ4n) is 1.94. The van der Waals surface area contributed by atoms with Crippen LogP contribution in [0.25, 0.3) is 0 Å². The zero-order valence-electron chi connectivity index (χ0n) is 9.44. The van der Waals surface area contributed by atoms with Gasteiger partial charge < -0.3 is 4.57 Å². The Kier molecular flexibility index (Phi) is 2.91. The molecule has 2 rings (SSSR count). The second-order valence-electron chi connectivity index (χ2n) is 4.49. The average molecular weight is 206 g/mol. The lowest BCUT2D eigenvalue weighted by atomic mass is 9.91. The zero-order valence-corrected chi connectivity index (χ0v) is 9.44. The third kappa shape index (κ3) is 2.29. The third-order valence-electron chi connectivity index (χ3n) is 3.24. The summed E-state index contributed by atoms with van der Waals surface area (Å²) in [5.74, 6) is 0.227. The molecule has 0 N–H and O–H groups in total. The number of likely N-dealkylation sites (N-methyl/N-ethyl adjacent to an activating group) is 1. The number of ketones is 1. The first kappa shape index (κ1) is 10.4. The third-order valence-corrected chi connectivity index (χ3v) is 3.24. The quantitative estimate of drug-likeness (QED) is 0.700. The highest BCUT2D eigenvalue weighted by Crippen LogP contribution is 2.23. The van der Waals surface area contributed by atoms with Gasteiger partial charge in [0.15, 0.2) is 5.78 Å². The Morgan fingerprint density at radius 1 is 1.60 bits per heavy atom. The number of rotatable bonds is 4. The normalized spacial score (nSPS) is 16.7.